The molecule has 1 aromatic carbocycles. The minimum atomic E-state index is -0.542. The second kappa shape index (κ2) is 4.44. The van der Waals surface area contributed by atoms with Gasteiger partial charge in [0.2, 0.25) is 5.91 Å². The summed E-state index contributed by atoms with van der Waals surface area (Å²) in [5.41, 5.74) is 2.89. The fourth-order valence-electron chi connectivity index (χ4n) is 2.48. The fourth-order valence-corrected chi connectivity index (χ4v) is 2.48. The lowest BCUT2D eigenvalue weighted by molar-refractivity contribution is -0.126. The maximum Gasteiger partial charge on any atom is 0.254 e. The minimum Gasteiger partial charge on any atom is -0.341 e. The molecule has 1 aliphatic rings. The van der Waals surface area contributed by atoms with Gasteiger partial charge in [-0.15, -0.1) is 0 Å². The van der Waals surface area contributed by atoms with E-state index in [0.717, 1.165) is 16.8 Å². The third-order valence-corrected chi connectivity index (χ3v) is 3.17. The molecule has 18 heavy (non-hydrogen) atoms. The molecule has 0 aliphatic carbocycles. The van der Waals surface area contributed by atoms with Crippen molar-refractivity contribution in [2.45, 2.75) is 39.8 Å². The van der Waals surface area contributed by atoms with Gasteiger partial charge in [-0.2, -0.15) is 0 Å². The van der Waals surface area contributed by atoms with Gasteiger partial charge >= 0.3 is 0 Å². The van der Waals surface area contributed by atoms with E-state index >= 15 is 0 Å². The number of aryl methyl sites for hydroxylation is 1. The summed E-state index contributed by atoms with van der Waals surface area (Å²) in [6.07, 6.45) is 0. The highest BCUT2D eigenvalue weighted by atomic mass is 16.2. The molecular weight excluding hydrogens is 228 g/mol. The number of hydrogen-bond donors (Lipinski definition) is 1. The molecule has 2 rings (SSSR count). The maximum atomic E-state index is 12.4. The molecule has 0 aromatic heterocycles. The number of amides is 2. The van der Waals surface area contributed by atoms with E-state index in [2.05, 4.69) is 5.32 Å². The summed E-state index contributed by atoms with van der Waals surface area (Å²) in [7, 11) is 0. The molecule has 1 aliphatic heterocycles. The number of carbonyl (C=O) groups is 2. The molecule has 0 bridgehead atoms. The number of rotatable bonds is 2. The second-order valence-electron chi connectivity index (χ2n) is 4.95. The molecule has 0 spiro atoms. The third-order valence-electron chi connectivity index (χ3n) is 3.17. The summed E-state index contributed by atoms with van der Waals surface area (Å²) in [4.78, 5) is 25.4. The molecule has 1 atom stereocenters. The van der Waals surface area contributed by atoms with Crippen molar-refractivity contribution >= 4 is 17.5 Å². The van der Waals surface area contributed by atoms with E-state index in [9.17, 15) is 9.59 Å². The summed E-state index contributed by atoms with van der Waals surface area (Å²) in [6.45, 7) is 7.37. The highest BCUT2D eigenvalue weighted by Crippen LogP contribution is 2.39. The van der Waals surface area contributed by atoms with Gasteiger partial charge in [-0.25, -0.2) is 0 Å². The molecule has 0 fully saturated rings. The molecule has 0 saturated heterocycles. The van der Waals surface area contributed by atoms with E-state index in [-0.39, 0.29) is 17.9 Å². The zero-order chi connectivity index (χ0) is 13.4. The predicted octanol–water partition coefficient (Wildman–Crippen LogP) is 1.93. The summed E-state index contributed by atoms with van der Waals surface area (Å²) in [5.74, 6) is -0.240. The smallest absolute Gasteiger partial charge is 0.254 e. The molecular formula is C14H18N2O2. The van der Waals surface area contributed by atoms with Crippen LogP contribution in [-0.2, 0) is 9.59 Å². The van der Waals surface area contributed by atoms with Gasteiger partial charge in [0.05, 0.1) is 5.69 Å². The van der Waals surface area contributed by atoms with Gasteiger partial charge in [0, 0.05) is 18.5 Å². The standard InChI is InChI=1S/C14H18N2O2/c1-8(2)16-13-9(3)6-5-7-11(13)12(14(16)18)15-10(4)17/h5-8,12H,1-4H3,(H,15,17)/t12-/m0/s1. The molecule has 0 radical (unpaired) electrons. The first-order valence-electron chi connectivity index (χ1n) is 6.13. The van der Waals surface area contributed by atoms with Gasteiger partial charge in [0.15, 0.2) is 0 Å². The van der Waals surface area contributed by atoms with E-state index in [1.807, 2.05) is 39.0 Å². The van der Waals surface area contributed by atoms with Crippen molar-refractivity contribution in [1.82, 2.24) is 5.32 Å². The first kappa shape index (κ1) is 12.6. The molecule has 4 nitrogen and oxygen atoms in total. The SMILES string of the molecule is CC(=O)N[C@@H]1C(=O)N(C(C)C)c2c(C)cccc21. The number of anilines is 1. The predicted molar refractivity (Wildman–Crippen MR) is 70.4 cm³/mol. The molecule has 1 N–H and O–H groups in total. The molecule has 2 amide bonds. The molecule has 1 heterocycles. The maximum absolute atomic E-state index is 12.4. The Kier molecular flexibility index (Phi) is 3.11. The van der Waals surface area contributed by atoms with Crippen molar-refractivity contribution < 1.29 is 9.59 Å². The Hall–Kier alpha value is -1.84. The van der Waals surface area contributed by atoms with Crippen molar-refractivity contribution in [2.75, 3.05) is 4.90 Å². The van der Waals surface area contributed by atoms with E-state index in [1.165, 1.54) is 6.92 Å². The van der Waals surface area contributed by atoms with Crippen molar-refractivity contribution in [3.63, 3.8) is 0 Å². The van der Waals surface area contributed by atoms with Crippen molar-refractivity contribution in [3.05, 3.63) is 29.3 Å². The molecule has 0 unspecified atom stereocenters. The lowest BCUT2D eigenvalue weighted by Crippen LogP contribution is -2.40. The lowest BCUT2D eigenvalue weighted by atomic mass is 10.0. The van der Waals surface area contributed by atoms with Gasteiger partial charge in [-0.05, 0) is 26.3 Å². The Morgan fingerprint density at radius 2 is 2.06 bits per heavy atom. The number of benzene rings is 1. The summed E-state index contributed by atoms with van der Waals surface area (Å²) < 4.78 is 0. The van der Waals surface area contributed by atoms with E-state index in [4.69, 9.17) is 0 Å². The van der Waals surface area contributed by atoms with Crippen LogP contribution in [0.1, 0.15) is 37.9 Å². The second-order valence-corrected chi connectivity index (χ2v) is 4.95. The van der Waals surface area contributed by atoms with Crippen LogP contribution < -0.4 is 10.2 Å². The Morgan fingerprint density at radius 1 is 1.39 bits per heavy atom. The Balaban J connectivity index is 2.54. The summed E-state index contributed by atoms with van der Waals surface area (Å²) >= 11 is 0. The average Bonchev–Trinajstić information content (AvgIpc) is 2.54. The van der Waals surface area contributed by atoms with Crippen molar-refractivity contribution in [3.8, 4) is 0 Å². The normalized spacial score (nSPS) is 18.2. The van der Waals surface area contributed by atoms with Gasteiger partial charge in [0.25, 0.3) is 5.91 Å². The zero-order valence-electron chi connectivity index (χ0n) is 11.2. The lowest BCUT2D eigenvalue weighted by Gasteiger charge is -2.23. The van der Waals surface area contributed by atoms with Crippen LogP contribution >= 0.6 is 0 Å². The summed E-state index contributed by atoms with van der Waals surface area (Å²) in [6, 6.07) is 5.34. The number of fused-ring (bicyclic) bond motifs is 1. The van der Waals surface area contributed by atoms with Crippen LogP contribution in [0.25, 0.3) is 0 Å². The van der Waals surface area contributed by atoms with Crippen LogP contribution in [0.3, 0.4) is 0 Å². The number of nitrogens with one attached hydrogen (secondary N) is 1. The van der Waals surface area contributed by atoms with Gasteiger partial charge in [0.1, 0.15) is 6.04 Å². The van der Waals surface area contributed by atoms with Gasteiger partial charge in [-0.1, -0.05) is 18.2 Å². The number of carbonyl (C=O) groups excluding carboxylic acids is 2. The number of para-hydroxylation sites is 1. The number of hydrogen-bond acceptors (Lipinski definition) is 2. The molecule has 0 saturated carbocycles. The first-order chi connectivity index (χ1) is 8.43. The van der Waals surface area contributed by atoms with Crippen molar-refractivity contribution in [1.29, 1.82) is 0 Å². The number of nitrogens with zero attached hydrogens (tertiary/aromatic N) is 1. The summed E-state index contributed by atoms with van der Waals surface area (Å²) in [5, 5.41) is 2.73. The van der Waals surface area contributed by atoms with Crippen LogP contribution in [0.4, 0.5) is 5.69 Å². The monoisotopic (exact) mass is 246 g/mol. The topological polar surface area (TPSA) is 49.4 Å². The molecule has 96 valence electrons. The van der Waals surface area contributed by atoms with E-state index < -0.39 is 6.04 Å². The first-order valence-corrected chi connectivity index (χ1v) is 6.13. The van der Waals surface area contributed by atoms with Gasteiger partial charge in [-0.3, -0.25) is 9.59 Å². The molecule has 1 aromatic rings. The quantitative estimate of drug-likeness (QED) is 0.866. The largest absolute Gasteiger partial charge is 0.341 e. The van der Waals surface area contributed by atoms with Gasteiger partial charge < -0.3 is 10.2 Å². The van der Waals surface area contributed by atoms with Crippen LogP contribution in [0, 0.1) is 6.92 Å². The average molecular weight is 246 g/mol. The van der Waals surface area contributed by atoms with Crippen LogP contribution in [0.5, 0.6) is 0 Å². The third kappa shape index (κ3) is 1.88. The van der Waals surface area contributed by atoms with Crippen molar-refractivity contribution in [2.24, 2.45) is 0 Å². The Bertz CT molecular complexity index is 509. The van der Waals surface area contributed by atoms with Crippen LogP contribution in [0.15, 0.2) is 18.2 Å². The fraction of sp³-hybridized carbons (Fsp3) is 0.429. The Morgan fingerprint density at radius 3 is 2.61 bits per heavy atom. The zero-order valence-corrected chi connectivity index (χ0v) is 11.2. The van der Waals surface area contributed by atoms with E-state index in [1.54, 1.807) is 4.90 Å². The van der Waals surface area contributed by atoms with Crippen LogP contribution in [0.2, 0.25) is 0 Å². The Labute approximate surface area is 107 Å². The highest BCUT2D eigenvalue weighted by molar-refractivity contribution is 6.07. The minimum absolute atomic E-state index is 0.0514. The molecule has 4 heteroatoms. The van der Waals surface area contributed by atoms with E-state index in [0.29, 0.717) is 0 Å². The highest BCUT2D eigenvalue weighted by Gasteiger charge is 2.39. The van der Waals surface area contributed by atoms with Crippen LogP contribution in [-0.4, -0.2) is 17.9 Å².